The lowest BCUT2D eigenvalue weighted by molar-refractivity contribution is 0.451. The lowest BCUT2D eigenvalue weighted by atomic mass is 10.8. The fourth-order valence-corrected chi connectivity index (χ4v) is 0.818. The van der Waals surface area contributed by atoms with Crippen molar-refractivity contribution in [2.75, 3.05) is 12.0 Å². The molecule has 0 saturated carbocycles. The zero-order valence-electron chi connectivity index (χ0n) is 7.58. The van der Waals surface area contributed by atoms with Gasteiger partial charge in [0.25, 0.3) is 10.1 Å². The molecule has 0 unspecified atom stereocenters. The highest BCUT2D eigenvalue weighted by atomic mass is 32.2. The first-order valence-electron chi connectivity index (χ1n) is 3.17. The van der Waals surface area contributed by atoms with Crippen LogP contribution in [0.15, 0.2) is 25.5 Å². The molecule has 0 aromatic rings. The summed E-state index contributed by atoms with van der Waals surface area (Å²) in [4.78, 5) is 0. The fraction of sp³-hybridized carbons (Fsp3) is 0.333. The molecule has 0 aliphatic heterocycles. The van der Waals surface area contributed by atoms with Crippen molar-refractivity contribution in [3.8, 4) is 0 Å². The number of rotatable bonds is 4. The molecule has 14 heavy (non-hydrogen) atoms. The van der Waals surface area contributed by atoms with E-state index in [-0.39, 0.29) is 5.75 Å². The Morgan fingerprint density at radius 1 is 1.29 bits per heavy atom. The van der Waals surface area contributed by atoms with E-state index in [0.717, 1.165) is 18.6 Å². The predicted octanol–water partition coefficient (Wildman–Crippen LogP) is 0.166. The van der Waals surface area contributed by atoms with Crippen molar-refractivity contribution in [2.45, 2.75) is 0 Å². The second-order valence-corrected chi connectivity index (χ2v) is 5.10. The van der Waals surface area contributed by atoms with Gasteiger partial charge in [-0.3, -0.25) is 4.55 Å². The second-order valence-electron chi connectivity index (χ2n) is 2.00. The van der Waals surface area contributed by atoms with E-state index in [9.17, 15) is 16.8 Å². The Labute approximate surface area is 83.8 Å². The normalized spacial score (nSPS) is 10.7. The summed E-state index contributed by atoms with van der Waals surface area (Å²) in [5.41, 5.74) is 0. The Bertz CT molecular complexity index is 325. The highest BCUT2D eigenvalue weighted by Gasteiger charge is 1.95. The van der Waals surface area contributed by atoms with Crippen LogP contribution in [-0.2, 0) is 24.4 Å². The van der Waals surface area contributed by atoms with E-state index in [1.54, 1.807) is 0 Å². The van der Waals surface area contributed by atoms with Gasteiger partial charge in [-0.05, 0) is 0 Å². The third-order valence-electron chi connectivity index (χ3n) is 0.571. The van der Waals surface area contributed by atoms with Crippen molar-refractivity contribution in [3.05, 3.63) is 25.5 Å². The van der Waals surface area contributed by atoms with E-state index in [2.05, 4.69) is 17.3 Å². The maximum absolute atomic E-state index is 9.94. The number of hydrogen-bond donors (Lipinski definition) is 1. The van der Waals surface area contributed by atoms with Gasteiger partial charge in [-0.2, -0.15) is 16.8 Å². The summed E-state index contributed by atoms with van der Waals surface area (Å²) in [6.45, 7) is 6.15. The maximum atomic E-state index is 9.94. The van der Waals surface area contributed by atoms with Crippen LogP contribution in [0.1, 0.15) is 0 Å². The van der Waals surface area contributed by atoms with Gasteiger partial charge in [-0.25, -0.2) is 0 Å². The molecular weight excluding hydrogens is 232 g/mol. The van der Waals surface area contributed by atoms with Crippen molar-refractivity contribution in [3.63, 3.8) is 0 Å². The van der Waals surface area contributed by atoms with Crippen LogP contribution < -0.4 is 0 Å². The van der Waals surface area contributed by atoms with Crippen LogP contribution in [0.2, 0.25) is 0 Å². The minimum Gasteiger partial charge on any atom is -0.391 e. The van der Waals surface area contributed by atoms with Gasteiger partial charge in [-0.15, -0.1) is 6.58 Å². The lowest BCUT2D eigenvalue weighted by Crippen LogP contribution is -1.99. The van der Waals surface area contributed by atoms with E-state index in [4.69, 9.17) is 4.55 Å². The molecule has 0 aliphatic rings. The molecule has 0 saturated heterocycles. The minimum atomic E-state index is -3.79. The Morgan fingerprint density at radius 2 is 1.71 bits per heavy atom. The predicted molar refractivity (Wildman–Crippen MR) is 52.7 cm³/mol. The molecule has 84 valence electrons. The van der Waals surface area contributed by atoms with E-state index in [0.29, 0.717) is 0 Å². The zero-order valence-corrected chi connectivity index (χ0v) is 9.21. The van der Waals surface area contributed by atoms with Gasteiger partial charge >= 0.3 is 10.1 Å². The largest absolute Gasteiger partial charge is 0.391 e. The second kappa shape index (κ2) is 6.57. The highest BCUT2D eigenvalue weighted by Crippen LogP contribution is 1.82. The van der Waals surface area contributed by atoms with E-state index < -0.39 is 20.2 Å². The molecule has 0 atom stereocenters. The molecule has 1 N–H and O–H groups in total. The van der Waals surface area contributed by atoms with Crippen molar-refractivity contribution in [1.82, 2.24) is 0 Å². The summed E-state index contributed by atoms with van der Waals surface area (Å²) in [7, 11) is -7.08. The molecule has 0 spiro atoms. The van der Waals surface area contributed by atoms with Gasteiger partial charge in [0, 0.05) is 0 Å². The standard InChI is InChI=1S/2C3H6O3S/c1-3-6-7(2,4)5;1-2-3-7(4,5)6/h3H,1H2,2H3;2H,1,3H2,(H,4,5,6). The van der Waals surface area contributed by atoms with Crippen molar-refractivity contribution >= 4 is 20.2 Å². The molecule has 0 amide bonds. The minimum absolute atomic E-state index is 0.368. The summed E-state index contributed by atoms with van der Waals surface area (Å²) in [5.74, 6) is -0.368. The molecule has 0 aromatic heterocycles. The van der Waals surface area contributed by atoms with Gasteiger partial charge in [0.2, 0.25) is 0 Å². The van der Waals surface area contributed by atoms with Crippen molar-refractivity contribution in [2.24, 2.45) is 0 Å². The third-order valence-corrected chi connectivity index (χ3v) is 1.71. The van der Waals surface area contributed by atoms with Gasteiger partial charge in [-0.1, -0.05) is 12.7 Å². The van der Waals surface area contributed by atoms with Gasteiger partial charge in [0.15, 0.2) is 0 Å². The average molecular weight is 244 g/mol. The molecular formula is C6H12O6S2. The smallest absolute Gasteiger partial charge is 0.305 e. The van der Waals surface area contributed by atoms with E-state index in [1.807, 2.05) is 0 Å². The Kier molecular flexibility index (Phi) is 7.33. The summed E-state index contributed by atoms with van der Waals surface area (Å²) in [6.07, 6.45) is 2.94. The monoisotopic (exact) mass is 244 g/mol. The fourth-order valence-electron chi connectivity index (χ4n) is 0.273. The first kappa shape index (κ1) is 15.6. The van der Waals surface area contributed by atoms with Crippen LogP contribution >= 0.6 is 0 Å². The topological polar surface area (TPSA) is 97.7 Å². The molecule has 0 fully saturated rings. The Hall–Kier alpha value is -0.860. The number of hydrogen-bond acceptors (Lipinski definition) is 5. The first-order chi connectivity index (χ1) is 6.12. The Balaban J connectivity index is 0. The summed E-state index contributed by atoms with van der Waals surface area (Å²) in [6, 6.07) is 0. The zero-order chi connectivity index (χ0) is 11.8. The molecule has 0 radical (unpaired) electrons. The van der Waals surface area contributed by atoms with Crippen LogP contribution in [0.5, 0.6) is 0 Å². The average Bonchev–Trinajstić information content (AvgIpc) is 1.81. The van der Waals surface area contributed by atoms with Crippen LogP contribution in [0, 0.1) is 0 Å². The van der Waals surface area contributed by atoms with Crippen LogP contribution in [0.4, 0.5) is 0 Å². The van der Waals surface area contributed by atoms with Crippen molar-refractivity contribution in [1.29, 1.82) is 0 Å². The Morgan fingerprint density at radius 3 is 1.71 bits per heavy atom. The lowest BCUT2D eigenvalue weighted by Gasteiger charge is -1.89. The summed E-state index contributed by atoms with van der Waals surface area (Å²) >= 11 is 0. The molecule has 6 nitrogen and oxygen atoms in total. The third kappa shape index (κ3) is 22.5. The summed E-state index contributed by atoms with van der Waals surface area (Å²) < 4.78 is 51.2. The van der Waals surface area contributed by atoms with Crippen molar-refractivity contribution < 1.29 is 25.6 Å². The first-order valence-corrected chi connectivity index (χ1v) is 6.60. The van der Waals surface area contributed by atoms with E-state index >= 15 is 0 Å². The van der Waals surface area contributed by atoms with Crippen LogP contribution in [0.25, 0.3) is 0 Å². The van der Waals surface area contributed by atoms with Gasteiger partial charge in [0.05, 0.1) is 18.3 Å². The van der Waals surface area contributed by atoms with Crippen LogP contribution in [0.3, 0.4) is 0 Å². The van der Waals surface area contributed by atoms with Gasteiger partial charge < -0.3 is 4.18 Å². The molecule has 8 heteroatoms. The summed E-state index contributed by atoms with van der Waals surface area (Å²) in [5, 5.41) is 0. The van der Waals surface area contributed by atoms with Gasteiger partial charge in [0.1, 0.15) is 0 Å². The molecule has 0 aromatic carbocycles. The van der Waals surface area contributed by atoms with Crippen LogP contribution in [-0.4, -0.2) is 33.4 Å². The molecule has 0 heterocycles. The molecule has 0 aliphatic carbocycles. The van der Waals surface area contributed by atoms with E-state index in [1.165, 1.54) is 0 Å². The molecule has 0 rings (SSSR count). The quantitative estimate of drug-likeness (QED) is 0.327. The highest BCUT2D eigenvalue weighted by molar-refractivity contribution is 7.86. The molecule has 0 bridgehead atoms. The maximum Gasteiger partial charge on any atom is 0.305 e. The SMILES string of the molecule is C=CCS(=O)(=O)O.C=COS(C)(=O)=O.